The third-order valence-corrected chi connectivity index (χ3v) is 3.09. The molecular formula is C8H5Br3INO. The number of rotatable bonds is 1. The molecule has 0 aliphatic rings. The molecule has 1 amide bonds. The number of halogens is 4. The summed E-state index contributed by atoms with van der Waals surface area (Å²) in [5, 5.41) is 2.74. The third-order valence-electron chi connectivity index (χ3n) is 1.34. The molecule has 0 spiro atoms. The summed E-state index contributed by atoms with van der Waals surface area (Å²) in [6.45, 7) is 0. The summed E-state index contributed by atoms with van der Waals surface area (Å²) in [6.07, 6.45) is 0. The van der Waals surface area contributed by atoms with Crippen molar-refractivity contribution in [3.05, 3.63) is 27.8 Å². The number of benzene rings is 1. The van der Waals surface area contributed by atoms with Crippen LogP contribution in [0, 0.1) is 3.57 Å². The van der Waals surface area contributed by atoms with Gasteiger partial charge in [-0.05, 0) is 88.6 Å². The van der Waals surface area contributed by atoms with E-state index in [1.807, 2.05) is 24.3 Å². The van der Waals surface area contributed by atoms with E-state index in [2.05, 4.69) is 75.7 Å². The summed E-state index contributed by atoms with van der Waals surface area (Å²) in [6, 6.07) is 7.56. The summed E-state index contributed by atoms with van der Waals surface area (Å²) < 4.78 is 0.165. The Morgan fingerprint density at radius 2 is 2.00 bits per heavy atom. The molecule has 76 valence electrons. The van der Waals surface area contributed by atoms with Crippen molar-refractivity contribution in [2.75, 3.05) is 5.32 Å². The van der Waals surface area contributed by atoms with Crippen molar-refractivity contribution in [1.82, 2.24) is 0 Å². The predicted octanol–water partition coefficient (Wildman–Crippen LogP) is 4.07. The highest BCUT2D eigenvalue weighted by Gasteiger charge is 2.28. The minimum Gasteiger partial charge on any atom is -0.323 e. The van der Waals surface area contributed by atoms with E-state index < -0.39 is 2.14 Å². The molecule has 1 rings (SSSR count). The van der Waals surface area contributed by atoms with Gasteiger partial charge in [-0.2, -0.15) is 0 Å². The number of amides is 1. The Balaban J connectivity index is 2.75. The first-order valence-electron chi connectivity index (χ1n) is 3.53. The van der Waals surface area contributed by atoms with Gasteiger partial charge in [-0.3, -0.25) is 4.79 Å². The second-order valence-corrected chi connectivity index (χ2v) is 10.5. The minimum absolute atomic E-state index is 0.209. The van der Waals surface area contributed by atoms with Crippen LogP contribution in [0.15, 0.2) is 24.3 Å². The van der Waals surface area contributed by atoms with E-state index >= 15 is 0 Å². The zero-order valence-corrected chi connectivity index (χ0v) is 13.6. The average molecular weight is 498 g/mol. The fraction of sp³-hybridized carbons (Fsp3) is 0.125. The highest BCUT2D eigenvalue weighted by molar-refractivity contribution is 14.1. The Morgan fingerprint density at radius 1 is 1.36 bits per heavy atom. The Morgan fingerprint density at radius 3 is 2.50 bits per heavy atom. The molecule has 0 aromatic heterocycles. The molecule has 1 aromatic rings. The Kier molecular flexibility index (Phi) is 4.86. The highest BCUT2D eigenvalue weighted by Crippen LogP contribution is 2.34. The Bertz CT molecular complexity index is 351. The van der Waals surface area contributed by atoms with Crippen molar-refractivity contribution in [1.29, 1.82) is 0 Å². The fourth-order valence-corrected chi connectivity index (χ4v) is 1.61. The zero-order valence-electron chi connectivity index (χ0n) is 6.73. The molecule has 0 atom stereocenters. The van der Waals surface area contributed by atoms with Gasteiger partial charge in [-0.15, -0.1) is 0 Å². The summed E-state index contributed by atoms with van der Waals surface area (Å²) in [4.78, 5) is 11.5. The minimum atomic E-state index is -0.908. The van der Waals surface area contributed by atoms with Crippen LogP contribution in [0.25, 0.3) is 0 Å². The first kappa shape index (κ1) is 12.9. The number of carbonyl (C=O) groups excluding carboxylic acids is 1. The molecule has 0 bridgehead atoms. The molecule has 0 heterocycles. The van der Waals surface area contributed by atoms with Crippen LogP contribution < -0.4 is 5.32 Å². The first-order valence-corrected chi connectivity index (χ1v) is 6.99. The number of carbonyl (C=O) groups is 1. The van der Waals surface area contributed by atoms with Crippen LogP contribution in [-0.4, -0.2) is 8.05 Å². The van der Waals surface area contributed by atoms with Gasteiger partial charge in [0.1, 0.15) is 0 Å². The largest absolute Gasteiger partial charge is 0.323 e. The van der Waals surface area contributed by atoms with Gasteiger partial charge in [0, 0.05) is 9.26 Å². The summed E-state index contributed by atoms with van der Waals surface area (Å²) in [7, 11) is 0. The van der Waals surface area contributed by atoms with Crippen LogP contribution in [-0.2, 0) is 4.79 Å². The number of alkyl halides is 3. The first-order chi connectivity index (χ1) is 6.39. The summed E-state index contributed by atoms with van der Waals surface area (Å²) >= 11 is 11.6. The third kappa shape index (κ3) is 4.16. The molecule has 14 heavy (non-hydrogen) atoms. The average Bonchev–Trinajstić information content (AvgIpc) is 2.02. The standard InChI is InChI=1S/C8H5Br3INO/c9-8(10,11)7(14)13-6-3-1-2-5(12)4-6/h1-4H,(H,13,14). The topological polar surface area (TPSA) is 29.1 Å². The monoisotopic (exact) mass is 495 g/mol. The van der Waals surface area contributed by atoms with Crippen LogP contribution in [0.2, 0.25) is 0 Å². The maximum absolute atomic E-state index is 11.5. The zero-order chi connectivity index (χ0) is 10.8. The fourth-order valence-electron chi connectivity index (χ4n) is 0.768. The van der Waals surface area contributed by atoms with Crippen molar-refractivity contribution >= 4 is 82.0 Å². The van der Waals surface area contributed by atoms with Crippen molar-refractivity contribution in [3.63, 3.8) is 0 Å². The van der Waals surface area contributed by atoms with Gasteiger partial charge in [0.15, 0.2) is 0 Å². The van der Waals surface area contributed by atoms with Crippen LogP contribution in [0.4, 0.5) is 5.69 Å². The lowest BCUT2D eigenvalue weighted by Gasteiger charge is -2.12. The van der Waals surface area contributed by atoms with Crippen molar-refractivity contribution in [3.8, 4) is 0 Å². The molecule has 0 aliphatic carbocycles. The molecule has 0 saturated carbocycles. The Labute approximate surface area is 121 Å². The summed E-state index contributed by atoms with van der Waals surface area (Å²) in [5.41, 5.74) is 0.768. The molecule has 0 aliphatic heterocycles. The SMILES string of the molecule is O=C(Nc1cccc(I)c1)C(Br)(Br)Br. The number of nitrogens with one attached hydrogen (secondary N) is 1. The molecule has 1 aromatic carbocycles. The van der Waals surface area contributed by atoms with Gasteiger partial charge in [-0.25, -0.2) is 0 Å². The van der Waals surface area contributed by atoms with Crippen LogP contribution in [0.3, 0.4) is 0 Å². The maximum Gasteiger partial charge on any atom is 0.263 e. The number of hydrogen-bond donors (Lipinski definition) is 1. The van der Waals surface area contributed by atoms with Gasteiger partial charge >= 0.3 is 0 Å². The molecule has 6 heteroatoms. The normalized spacial score (nSPS) is 11.1. The molecular weight excluding hydrogens is 493 g/mol. The van der Waals surface area contributed by atoms with Crippen LogP contribution >= 0.6 is 70.4 Å². The van der Waals surface area contributed by atoms with Gasteiger partial charge in [0.25, 0.3) is 5.91 Å². The van der Waals surface area contributed by atoms with E-state index in [4.69, 9.17) is 0 Å². The van der Waals surface area contributed by atoms with E-state index in [9.17, 15) is 4.79 Å². The Hall–Kier alpha value is 0.860. The lowest BCUT2D eigenvalue weighted by molar-refractivity contribution is -0.114. The molecule has 2 nitrogen and oxygen atoms in total. The molecule has 0 fully saturated rings. The van der Waals surface area contributed by atoms with Crippen molar-refractivity contribution in [2.24, 2.45) is 0 Å². The quantitative estimate of drug-likeness (QED) is 0.460. The molecule has 0 saturated heterocycles. The van der Waals surface area contributed by atoms with Gasteiger partial charge in [-0.1, -0.05) is 6.07 Å². The van der Waals surface area contributed by atoms with Gasteiger partial charge < -0.3 is 5.32 Å². The molecule has 0 unspecified atom stereocenters. The smallest absolute Gasteiger partial charge is 0.263 e. The summed E-state index contributed by atoms with van der Waals surface area (Å²) in [5.74, 6) is -0.209. The maximum atomic E-state index is 11.5. The highest BCUT2D eigenvalue weighted by atomic mass is 127. The number of anilines is 1. The van der Waals surface area contributed by atoms with Crippen molar-refractivity contribution in [2.45, 2.75) is 2.14 Å². The van der Waals surface area contributed by atoms with E-state index in [-0.39, 0.29) is 5.91 Å². The van der Waals surface area contributed by atoms with Crippen molar-refractivity contribution < 1.29 is 4.79 Å². The second-order valence-electron chi connectivity index (χ2n) is 2.46. The van der Waals surface area contributed by atoms with Gasteiger partial charge in [0.05, 0.1) is 0 Å². The molecule has 1 N–H and O–H groups in total. The van der Waals surface area contributed by atoms with Crippen LogP contribution in [0.5, 0.6) is 0 Å². The van der Waals surface area contributed by atoms with Gasteiger partial charge in [0.2, 0.25) is 2.14 Å². The van der Waals surface area contributed by atoms with E-state index in [1.165, 1.54) is 0 Å². The van der Waals surface area contributed by atoms with E-state index in [0.717, 1.165) is 9.26 Å². The lowest BCUT2D eigenvalue weighted by atomic mass is 10.3. The second kappa shape index (κ2) is 5.27. The van der Waals surface area contributed by atoms with Crippen LogP contribution in [0.1, 0.15) is 0 Å². The lowest BCUT2D eigenvalue weighted by Crippen LogP contribution is -2.25. The molecule has 0 radical (unpaired) electrons. The van der Waals surface area contributed by atoms with E-state index in [1.54, 1.807) is 0 Å². The van der Waals surface area contributed by atoms with E-state index in [0.29, 0.717) is 0 Å². The predicted molar refractivity (Wildman–Crippen MR) is 77.3 cm³/mol. The number of hydrogen-bond acceptors (Lipinski definition) is 1.